The third-order valence-electron chi connectivity index (χ3n) is 3.08. The number of hydrogen-bond donors (Lipinski definition) is 1. The quantitative estimate of drug-likeness (QED) is 0.495. The number of carbonyl (C=O) groups excluding carboxylic acids is 2. The SMILES string of the molecule is COC(=O)c1ccc(/C=N\OCC(=O)Nc2cccc(C#N)c2)cc1. The molecule has 1 amide bonds. The molecule has 25 heavy (non-hydrogen) atoms. The fourth-order valence-electron chi connectivity index (χ4n) is 1.88. The average molecular weight is 337 g/mol. The van der Waals surface area contributed by atoms with Gasteiger partial charge < -0.3 is 14.9 Å². The molecule has 0 saturated heterocycles. The summed E-state index contributed by atoms with van der Waals surface area (Å²) in [6.45, 7) is -0.270. The van der Waals surface area contributed by atoms with Crippen LogP contribution in [0.2, 0.25) is 0 Å². The number of rotatable bonds is 6. The van der Waals surface area contributed by atoms with Crippen molar-refractivity contribution in [2.24, 2.45) is 5.16 Å². The molecular formula is C18H15N3O4. The summed E-state index contributed by atoms with van der Waals surface area (Å²) in [6, 6.07) is 15.1. The molecule has 0 aromatic heterocycles. The van der Waals surface area contributed by atoms with E-state index in [1.165, 1.54) is 13.3 Å². The van der Waals surface area contributed by atoms with Gasteiger partial charge in [-0.05, 0) is 35.9 Å². The van der Waals surface area contributed by atoms with Crippen molar-refractivity contribution in [3.8, 4) is 6.07 Å². The van der Waals surface area contributed by atoms with Crippen molar-refractivity contribution in [3.63, 3.8) is 0 Å². The van der Waals surface area contributed by atoms with Crippen molar-refractivity contribution < 1.29 is 19.2 Å². The molecule has 2 aromatic carbocycles. The van der Waals surface area contributed by atoms with Crippen molar-refractivity contribution in [1.29, 1.82) is 5.26 Å². The van der Waals surface area contributed by atoms with Crippen LogP contribution < -0.4 is 5.32 Å². The van der Waals surface area contributed by atoms with Crippen molar-refractivity contribution in [2.45, 2.75) is 0 Å². The number of nitrogens with zero attached hydrogens (tertiary/aromatic N) is 2. The fraction of sp³-hybridized carbons (Fsp3) is 0.111. The number of nitriles is 1. The molecule has 0 unspecified atom stereocenters. The summed E-state index contributed by atoms with van der Waals surface area (Å²) in [5, 5.41) is 15.1. The van der Waals surface area contributed by atoms with E-state index in [0.29, 0.717) is 22.4 Å². The molecule has 0 atom stereocenters. The van der Waals surface area contributed by atoms with E-state index in [1.54, 1.807) is 48.5 Å². The molecule has 2 rings (SSSR count). The van der Waals surface area contributed by atoms with E-state index in [-0.39, 0.29) is 6.61 Å². The minimum atomic E-state index is -0.420. The van der Waals surface area contributed by atoms with Gasteiger partial charge in [0.1, 0.15) is 0 Å². The fourth-order valence-corrected chi connectivity index (χ4v) is 1.88. The second kappa shape index (κ2) is 8.84. The molecule has 0 saturated carbocycles. The maximum atomic E-state index is 11.7. The van der Waals surface area contributed by atoms with Crippen molar-refractivity contribution in [1.82, 2.24) is 0 Å². The molecule has 2 aromatic rings. The number of carbonyl (C=O) groups is 2. The number of amides is 1. The van der Waals surface area contributed by atoms with Crippen LogP contribution in [0, 0.1) is 11.3 Å². The number of hydrogen-bond acceptors (Lipinski definition) is 6. The summed E-state index contributed by atoms with van der Waals surface area (Å²) in [5.41, 5.74) is 2.09. The van der Waals surface area contributed by atoms with Crippen LogP contribution >= 0.6 is 0 Å². The minimum Gasteiger partial charge on any atom is -0.465 e. The molecule has 0 bridgehead atoms. The van der Waals surface area contributed by atoms with Gasteiger partial charge in [0.25, 0.3) is 5.91 Å². The Morgan fingerprint density at radius 1 is 1.24 bits per heavy atom. The first-order valence-corrected chi connectivity index (χ1v) is 7.26. The molecule has 0 aliphatic carbocycles. The molecule has 7 nitrogen and oxygen atoms in total. The van der Waals surface area contributed by atoms with Gasteiger partial charge in [-0.3, -0.25) is 4.79 Å². The minimum absolute atomic E-state index is 0.270. The second-order valence-electron chi connectivity index (χ2n) is 4.86. The molecule has 0 aliphatic rings. The van der Waals surface area contributed by atoms with Crippen LogP contribution in [0.5, 0.6) is 0 Å². The van der Waals surface area contributed by atoms with Crippen LogP contribution in [0.25, 0.3) is 0 Å². The van der Waals surface area contributed by atoms with Crippen LogP contribution in [0.1, 0.15) is 21.5 Å². The predicted molar refractivity (Wildman–Crippen MR) is 91.1 cm³/mol. The number of nitrogens with one attached hydrogen (secondary N) is 1. The van der Waals surface area contributed by atoms with Crippen LogP contribution in [-0.4, -0.2) is 31.8 Å². The third kappa shape index (κ3) is 5.48. The van der Waals surface area contributed by atoms with Gasteiger partial charge in [-0.2, -0.15) is 5.26 Å². The smallest absolute Gasteiger partial charge is 0.337 e. The first-order chi connectivity index (χ1) is 12.1. The molecule has 126 valence electrons. The Morgan fingerprint density at radius 2 is 2.00 bits per heavy atom. The summed E-state index contributed by atoms with van der Waals surface area (Å²) in [5.74, 6) is -0.815. The van der Waals surface area contributed by atoms with Crippen LogP contribution in [0.3, 0.4) is 0 Å². The highest BCUT2D eigenvalue weighted by Gasteiger charge is 2.04. The van der Waals surface area contributed by atoms with E-state index in [2.05, 4.69) is 15.2 Å². The van der Waals surface area contributed by atoms with Crippen LogP contribution in [0.15, 0.2) is 53.7 Å². The zero-order chi connectivity index (χ0) is 18.1. The van der Waals surface area contributed by atoms with E-state index >= 15 is 0 Å². The lowest BCUT2D eigenvalue weighted by atomic mass is 10.1. The molecular weight excluding hydrogens is 322 g/mol. The highest BCUT2D eigenvalue weighted by molar-refractivity contribution is 5.92. The highest BCUT2D eigenvalue weighted by Crippen LogP contribution is 2.09. The number of ether oxygens (including phenoxy) is 1. The Bertz CT molecular complexity index is 823. The monoisotopic (exact) mass is 337 g/mol. The highest BCUT2D eigenvalue weighted by atomic mass is 16.6. The molecule has 0 radical (unpaired) electrons. The number of anilines is 1. The molecule has 0 fully saturated rings. The number of esters is 1. The first-order valence-electron chi connectivity index (χ1n) is 7.26. The summed E-state index contributed by atoms with van der Waals surface area (Å²) < 4.78 is 4.60. The van der Waals surface area contributed by atoms with Crippen molar-refractivity contribution >= 4 is 23.8 Å². The number of methoxy groups -OCH3 is 1. The number of oxime groups is 1. The van der Waals surface area contributed by atoms with Gasteiger partial charge in [-0.15, -0.1) is 0 Å². The maximum absolute atomic E-state index is 11.7. The second-order valence-corrected chi connectivity index (χ2v) is 4.86. The van der Waals surface area contributed by atoms with Gasteiger partial charge in [-0.1, -0.05) is 23.4 Å². The summed E-state index contributed by atoms with van der Waals surface area (Å²) >= 11 is 0. The van der Waals surface area contributed by atoms with Crippen molar-refractivity contribution in [2.75, 3.05) is 19.0 Å². The Balaban J connectivity index is 1.81. The normalized spacial score (nSPS) is 10.1. The van der Waals surface area contributed by atoms with Crippen LogP contribution in [0.4, 0.5) is 5.69 Å². The lowest BCUT2D eigenvalue weighted by Gasteiger charge is -2.04. The first kappa shape index (κ1) is 17.7. The number of benzene rings is 2. The lowest BCUT2D eigenvalue weighted by molar-refractivity contribution is -0.120. The molecule has 7 heteroatoms. The standard InChI is InChI=1S/C18H15N3O4/c1-24-18(23)15-7-5-13(6-8-15)11-20-25-12-17(22)21-16-4-2-3-14(9-16)10-19/h2-9,11H,12H2,1H3,(H,21,22)/b20-11-. The Morgan fingerprint density at radius 3 is 2.68 bits per heavy atom. The Hall–Kier alpha value is -3.66. The Kier molecular flexibility index (Phi) is 6.25. The largest absolute Gasteiger partial charge is 0.465 e. The van der Waals surface area contributed by atoms with Gasteiger partial charge in [0.15, 0.2) is 6.61 Å². The predicted octanol–water partition coefficient (Wildman–Crippen LogP) is 2.33. The van der Waals surface area contributed by atoms with E-state index in [9.17, 15) is 9.59 Å². The van der Waals surface area contributed by atoms with E-state index in [1.807, 2.05) is 6.07 Å². The van der Waals surface area contributed by atoms with Gasteiger partial charge >= 0.3 is 5.97 Å². The summed E-state index contributed by atoms with van der Waals surface area (Å²) in [6.07, 6.45) is 1.42. The third-order valence-corrected chi connectivity index (χ3v) is 3.08. The topological polar surface area (TPSA) is 101 Å². The Labute approximate surface area is 144 Å². The molecule has 0 aliphatic heterocycles. The van der Waals surface area contributed by atoms with Gasteiger partial charge in [-0.25, -0.2) is 4.79 Å². The summed E-state index contributed by atoms with van der Waals surface area (Å²) in [4.78, 5) is 28.0. The maximum Gasteiger partial charge on any atom is 0.337 e. The zero-order valence-corrected chi connectivity index (χ0v) is 13.4. The molecule has 0 spiro atoms. The van der Waals surface area contributed by atoms with Crippen molar-refractivity contribution in [3.05, 3.63) is 65.2 Å². The van der Waals surface area contributed by atoms with Gasteiger partial charge in [0.2, 0.25) is 0 Å². The average Bonchev–Trinajstić information content (AvgIpc) is 2.65. The van der Waals surface area contributed by atoms with Crippen LogP contribution in [-0.2, 0) is 14.4 Å². The zero-order valence-electron chi connectivity index (χ0n) is 13.4. The van der Waals surface area contributed by atoms with E-state index < -0.39 is 11.9 Å². The lowest BCUT2D eigenvalue weighted by Crippen LogP contribution is -2.17. The van der Waals surface area contributed by atoms with Gasteiger partial charge in [0, 0.05) is 5.69 Å². The van der Waals surface area contributed by atoms with E-state index in [4.69, 9.17) is 10.1 Å². The van der Waals surface area contributed by atoms with Gasteiger partial charge in [0.05, 0.1) is 30.5 Å². The van der Waals surface area contributed by atoms with E-state index in [0.717, 1.165) is 0 Å². The molecule has 0 heterocycles. The summed E-state index contributed by atoms with van der Waals surface area (Å²) in [7, 11) is 1.31. The molecule has 1 N–H and O–H groups in total.